The molecule has 0 saturated heterocycles. The standard InChI is InChI=1S/C26H18Cl2F3N5O3/c1-13-10-15(7-9-16(13)14-6-8-17-20(11-14)35(2)33-22(17)25(37)38)39-12-21-24(26(29,30)31)32-34-36(21)23-18(27)4-3-5-19(23)28/h3-11H,12H2,1-2H3,(H,37,38). The van der Waals surface area contributed by atoms with Gasteiger partial charge in [-0.15, -0.1) is 5.10 Å². The van der Waals surface area contributed by atoms with Crippen LogP contribution in [0.25, 0.3) is 27.7 Å². The van der Waals surface area contributed by atoms with E-state index in [1.807, 2.05) is 13.0 Å². The molecule has 5 aromatic rings. The molecule has 0 aliphatic heterocycles. The van der Waals surface area contributed by atoms with E-state index in [9.17, 15) is 23.1 Å². The molecule has 3 aromatic carbocycles. The third-order valence-corrected chi connectivity index (χ3v) is 6.73. The van der Waals surface area contributed by atoms with Crippen LogP contribution in [-0.4, -0.2) is 35.9 Å². The van der Waals surface area contributed by atoms with Crippen molar-refractivity contribution in [3.63, 3.8) is 0 Å². The molecule has 0 bridgehead atoms. The fourth-order valence-corrected chi connectivity index (χ4v) is 4.86. The first-order chi connectivity index (χ1) is 18.5. The molecule has 0 saturated carbocycles. The highest BCUT2D eigenvalue weighted by Crippen LogP contribution is 2.36. The number of carbonyl (C=O) groups is 1. The van der Waals surface area contributed by atoms with Crippen LogP contribution in [0.3, 0.4) is 0 Å². The van der Waals surface area contributed by atoms with E-state index in [2.05, 4.69) is 15.4 Å². The van der Waals surface area contributed by atoms with Crippen LogP contribution in [0.5, 0.6) is 5.75 Å². The molecule has 0 spiro atoms. The number of nitrogens with zero attached hydrogens (tertiary/aromatic N) is 5. The highest BCUT2D eigenvalue weighted by Gasteiger charge is 2.39. The molecule has 0 aliphatic rings. The molecule has 39 heavy (non-hydrogen) atoms. The maximum absolute atomic E-state index is 13.7. The smallest absolute Gasteiger partial charge is 0.437 e. The molecule has 0 aliphatic carbocycles. The van der Waals surface area contributed by atoms with Crippen LogP contribution in [0, 0.1) is 6.92 Å². The van der Waals surface area contributed by atoms with Crippen molar-refractivity contribution < 1.29 is 27.8 Å². The molecule has 0 fully saturated rings. The highest BCUT2D eigenvalue weighted by molar-refractivity contribution is 6.37. The Morgan fingerprint density at radius 2 is 1.79 bits per heavy atom. The molecule has 8 nitrogen and oxygen atoms in total. The average Bonchev–Trinajstić information content (AvgIpc) is 3.44. The number of aryl methyl sites for hydroxylation is 2. The molecule has 0 radical (unpaired) electrons. The normalized spacial score (nSPS) is 11.8. The molecule has 0 amide bonds. The minimum Gasteiger partial charge on any atom is -0.487 e. The molecule has 200 valence electrons. The SMILES string of the molecule is Cc1cc(OCc2c(C(F)(F)F)nnn2-c2c(Cl)cccc2Cl)ccc1-c1ccc2c(C(=O)O)nn(C)c2c1. The Morgan fingerprint density at radius 1 is 1.08 bits per heavy atom. The lowest BCUT2D eigenvalue weighted by Crippen LogP contribution is -2.14. The van der Waals surface area contributed by atoms with Gasteiger partial charge in [-0.2, -0.15) is 18.3 Å². The number of halogens is 5. The summed E-state index contributed by atoms with van der Waals surface area (Å²) in [6.45, 7) is 1.32. The monoisotopic (exact) mass is 575 g/mol. The maximum Gasteiger partial charge on any atom is 0.437 e. The predicted molar refractivity (Wildman–Crippen MR) is 139 cm³/mol. The Hall–Kier alpha value is -4.09. The number of hydrogen-bond donors (Lipinski definition) is 1. The van der Waals surface area contributed by atoms with Gasteiger partial charge in [0.15, 0.2) is 11.4 Å². The number of carboxylic acids is 1. The Balaban J connectivity index is 1.46. The first-order valence-corrected chi connectivity index (χ1v) is 12.1. The second-order valence-electron chi connectivity index (χ2n) is 8.64. The summed E-state index contributed by atoms with van der Waals surface area (Å²) in [5.74, 6) is -0.801. The minimum absolute atomic E-state index is 0.0374. The first kappa shape index (κ1) is 26.5. The number of ether oxygens (including phenoxy) is 1. The van der Waals surface area contributed by atoms with Crippen molar-refractivity contribution in [2.24, 2.45) is 7.05 Å². The Bertz CT molecular complexity index is 1730. The number of para-hydroxylation sites is 1. The van der Waals surface area contributed by atoms with Crippen molar-refractivity contribution in [3.8, 4) is 22.6 Å². The van der Waals surface area contributed by atoms with Crippen LogP contribution < -0.4 is 4.74 Å². The van der Waals surface area contributed by atoms with Crippen LogP contribution in [0.2, 0.25) is 10.0 Å². The summed E-state index contributed by atoms with van der Waals surface area (Å²) in [6, 6.07) is 14.9. The van der Waals surface area contributed by atoms with Crippen molar-refractivity contribution in [2.45, 2.75) is 19.7 Å². The molecule has 1 N–H and O–H groups in total. The number of alkyl halides is 3. The highest BCUT2D eigenvalue weighted by atomic mass is 35.5. The van der Waals surface area contributed by atoms with Crippen molar-refractivity contribution >= 4 is 40.1 Å². The van der Waals surface area contributed by atoms with Gasteiger partial charge in [-0.25, -0.2) is 9.48 Å². The first-order valence-electron chi connectivity index (χ1n) is 11.4. The van der Waals surface area contributed by atoms with Crippen LogP contribution in [0.1, 0.15) is 27.4 Å². The lowest BCUT2D eigenvalue weighted by atomic mass is 9.99. The largest absolute Gasteiger partial charge is 0.487 e. The summed E-state index contributed by atoms with van der Waals surface area (Å²) < 4.78 is 49.3. The number of aromatic nitrogens is 5. The van der Waals surface area contributed by atoms with Gasteiger partial charge in [0.05, 0.1) is 15.6 Å². The Kier molecular flexibility index (Phi) is 6.73. The number of carboxylic acid groups (broad SMARTS) is 1. The predicted octanol–water partition coefficient (Wildman–Crippen LogP) is 6.73. The molecule has 0 unspecified atom stereocenters. The summed E-state index contributed by atoms with van der Waals surface area (Å²) in [7, 11) is 1.66. The molecule has 2 aromatic heterocycles. The molecule has 5 rings (SSSR count). The van der Waals surface area contributed by atoms with E-state index in [1.165, 1.54) is 16.8 Å². The molecule has 2 heterocycles. The van der Waals surface area contributed by atoms with E-state index in [-0.39, 0.29) is 27.1 Å². The Labute approximate surface area is 229 Å². The summed E-state index contributed by atoms with van der Waals surface area (Å²) in [5.41, 5.74) is 1.50. The number of rotatable bonds is 6. The van der Waals surface area contributed by atoms with Gasteiger partial charge in [-0.1, -0.05) is 46.6 Å². The van der Waals surface area contributed by atoms with Gasteiger partial charge >= 0.3 is 12.1 Å². The summed E-state index contributed by atoms with van der Waals surface area (Å²) in [6.07, 6.45) is -4.78. The number of aromatic carboxylic acids is 1. The van der Waals surface area contributed by atoms with E-state index < -0.39 is 24.4 Å². The van der Waals surface area contributed by atoms with Crippen molar-refractivity contribution in [1.82, 2.24) is 24.8 Å². The molecule has 0 atom stereocenters. The summed E-state index contributed by atoms with van der Waals surface area (Å²) >= 11 is 12.4. The third-order valence-electron chi connectivity index (χ3n) is 6.12. The van der Waals surface area contributed by atoms with Gasteiger partial charge in [0, 0.05) is 12.4 Å². The van der Waals surface area contributed by atoms with Gasteiger partial charge in [-0.3, -0.25) is 4.68 Å². The minimum atomic E-state index is -4.78. The summed E-state index contributed by atoms with van der Waals surface area (Å²) in [4.78, 5) is 11.5. The number of benzene rings is 3. The second kappa shape index (κ2) is 9.90. The van der Waals surface area contributed by atoms with Gasteiger partial charge in [0.25, 0.3) is 0 Å². The van der Waals surface area contributed by atoms with Crippen LogP contribution in [0.4, 0.5) is 13.2 Å². The van der Waals surface area contributed by atoms with E-state index >= 15 is 0 Å². The van der Waals surface area contributed by atoms with Gasteiger partial charge in [-0.05, 0) is 60.0 Å². The van der Waals surface area contributed by atoms with Crippen molar-refractivity contribution in [3.05, 3.63) is 87.3 Å². The lowest BCUT2D eigenvalue weighted by molar-refractivity contribution is -0.142. The average molecular weight is 576 g/mol. The van der Waals surface area contributed by atoms with Gasteiger partial charge in [0.2, 0.25) is 0 Å². The molecule has 13 heteroatoms. The van der Waals surface area contributed by atoms with Crippen LogP contribution >= 0.6 is 23.2 Å². The van der Waals surface area contributed by atoms with Crippen molar-refractivity contribution in [1.29, 1.82) is 0 Å². The van der Waals surface area contributed by atoms with E-state index in [0.717, 1.165) is 21.4 Å². The quantitative estimate of drug-likeness (QED) is 0.241. The zero-order chi connectivity index (χ0) is 28.1. The van der Waals surface area contributed by atoms with Crippen LogP contribution in [0.15, 0.2) is 54.6 Å². The molecular weight excluding hydrogens is 558 g/mol. The number of fused-ring (bicyclic) bond motifs is 1. The number of hydrogen-bond acceptors (Lipinski definition) is 5. The lowest BCUT2D eigenvalue weighted by Gasteiger charge is -2.14. The zero-order valence-electron chi connectivity index (χ0n) is 20.3. The Morgan fingerprint density at radius 3 is 2.44 bits per heavy atom. The summed E-state index contributed by atoms with van der Waals surface area (Å²) in [5, 5.41) is 21.1. The fraction of sp³-hybridized carbons (Fsp3) is 0.154. The van der Waals surface area contributed by atoms with E-state index in [0.29, 0.717) is 16.7 Å². The maximum atomic E-state index is 13.7. The zero-order valence-corrected chi connectivity index (χ0v) is 21.8. The second-order valence-corrected chi connectivity index (χ2v) is 9.45. The fourth-order valence-electron chi connectivity index (χ4n) is 4.31. The topological polar surface area (TPSA) is 95.1 Å². The van der Waals surface area contributed by atoms with Crippen molar-refractivity contribution in [2.75, 3.05) is 0 Å². The van der Waals surface area contributed by atoms with Gasteiger partial charge < -0.3 is 9.84 Å². The van der Waals surface area contributed by atoms with E-state index in [1.54, 1.807) is 43.4 Å². The van der Waals surface area contributed by atoms with Crippen LogP contribution in [-0.2, 0) is 19.8 Å². The molecular formula is C26H18Cl2F3N5O3. The third kappa shape index (κ3) is 4.90. The van der Waals surface area contributed by atoms with Gasteiger partial charge in [0.1, 0.15) is 23.7 Å². The van der Waals surface area contributed by atoms with E-state index in [4.69, 9.17) is 27.9 Å².